The lowest BCUT2D eigenvalue weighted by atomic mass is 10.1. The summed E-state index contributed by atoms with van der Waals surface area (Å²) in [5, 5.41) is 12.3. The second-order valence-corrected chi connectivity index (χ2v) is 3.85. The topological polar surface area (TPSA) is 45.0 Å². The molecule has 0 aromatic heterocycles. The number of nitrogens with zero attached hydrogens (tertiary/aromatic N) is 1. The van der Waals surface area contributed by atoms with Crippen LogP contribution in [0, 0.1) is 11.3 Å². The van der Waals surface area contributed by atoms with E-state index in [0.717, 1.165) is 17.0 Å². The van der Waals surface area contributed by atoms with Gasteiger partial charge in [-0.3, -0.25) is 0 Å². The lowest BCUT2D eigenvalue weighted by Gasteiger charge is -2.08. The van der Waals surface area contributed by atoms with Gasteiger partial charge in [0.25, 0.3) is 0 Å². The first-order valence-electron chi connectivity index (χ1n) is 5.69. The molecule has 18 heavy (non-hydrogen) atoms. The summed E-state index contributed by atoms with van der Waals surface area (Å²) in [6, 6.07) is 17.5. The van der Waals surface area contributed by atoms with Crippen LogP contribution in [0.15, 0.2) is 48.5 Å². The van der Waals surface area contributed by atoms with E-state index in [9.17, 15) is 0 Å². The molecule has 0 amide bonds. The number of anilines is 1. The third kappa shape index (κ3) is 2.80. The predicted octanol–water partition coefficient (Wildman–Crippen LogP) is 3.18. The molecule has 90 valence electrons. The van der Waals surface area contributed by atoms with Crippen LogP contribution in [-0.2, 0) is 6.54 Å². The minimum absolute atomic E-state index is 0.635. The van der Waals surface area contributed by atoms with E-state index in [2.05, 4.69) is 11.4 Å². The van der Waals surface area contributed by atoms with Gasteiger partial charge in [-0.25, -0.2) is 0 Å². The molecule has 0 aliphatic heterocycles. The Morgan fingerprint density at radius 2 is 1.83 bits per heavy atom. The Morgan fingerprint density at radius 3 is 2.50 bits per heavy atom. The third-order valence-corrected chi connectivity index (χ3v) is 2.71. The lowest BCUT2D eigenvalue weighted by molar-refractivity contribution is 0.415. The van der Waals surface area contributed by atoms with Crippen molar-refractivity contribution < 1.29 is 4.74 Å². The highest BCUT2D eigenvalue weighted by atomic mass is 16.5. The molecule has 0 unspecified atom stereocenters. The maximum atomic E-state index is 8.99. The molecule has 2 aromatic carbocycles. The second kappa shape index (κ2) is 5.74. The standard InChI is InChI=1S/C15H14N2O/c1-18-15-8-6-14(7-9-15)17-11-13-5-3-2-4-12(13)10-16/h2-9,17H,11H2,1H3. The fourth-order valence-electron chi connectivity index (χ4n) is 1.69. The van der Waals surface area contributed by atoms with Crippen molar-refractivity contribution in [2.45, 2.75) is 6.54 Å². The molecule has 0 radical (unpaired) electrons. The summed E-state index contributed by atoms with van der Waals surface area (Å²) in [6.45, 7) is 0.635. The molecule has 0 aliphatic rings. The molecule has 0 atom stereocenters. The molecule has 0 saturated heterocycles. The van der Waals surface area contributed by atoms with Crippen molar-refractivity contribution in [3.8, 4) is 11.8 Å². The van der Waals surface area contributed by atoms with Crippen LogP contribution in [0.3, 0.4) is 0 Å². The number of ether oxygens (including phenoxy) is 1. The molecule has 0 spiro atoms. The van der Waals surface area contributed by atoms with Crippen molar-refractivity contribution in [1.29, 1.82) is 5.26 Å². The van der Waals surface area contributed by atoms with Gasteiger partial charge in [0.15, 0.2) is 0 Å². The van der Waals surface area contributed by atoms with Gasteiger partial charge in [-0.1, -0.05) is 18.2 Å². The van der Waals surface area contributed by atoms with Gasteiger partial charge >= 0.3 is 0 Å². The second-order valence-electron chi connectivity index (χ2n) is 3.85. The van der Waals surface area contributed by atoms with Crippen LogP contribution in [0.25, 0.3) is 0 Å². The quantitative estimate of drug-likeness (QED) is 0.889. The molecule has 3 heteroatoms. The van der Waals surface area contributed by atoms with E-state index in [1.54, 1.807) is 7.11 Å². The minimum Gasteiger partial charge on any atom is -0.497 e. The van der Waals surface area contributed by atoms with Crippen LogP contribution in [0.4, 0.5) is 5.69 Å². The zero-order chi connectivity index (χ0) is 12.8. The van der Waals surface area contributed by atoms with Gasteiger partial charge in [0, 0.05) is 12.2 Å². The Kier molecular flexibility index (Phi) is 3.83. The molecular formula is C15H14N2O. The maximum Gasteiger partial charge on any atom is 0.119 e. The highest BCUT2D eigenvalue weighted by molar-refractivity contribution is 5.48. The molecule has 0 heterocycles. The Morgan fingerprint density at radius 1 is 1.11 bits per heavy atom. The zero-order valence-electron chi connectivity index (χ0n) is 10.2. The van der Waals surface area contributed by atoms with Crippen molar-refractivity contribution in [1.82, 2.24) is 0 Å². The molecule has 2 aromatic rings. The van der Waals surface area contributed by atoms with E-state index in [0.29, 0.717) is 12.1 Å². The summed E-state index contributed by atoms with van der Waals surface area (Å²) < 4.78 is 5.10. The lowest BCUT2D eigenvalue weighted by Crippen LogP contribution is -2.01. The number of nitrogens with one attached hydrogen (secondary N) is 1. The Hall–Kier alpha value is -2.47. The van der Waals surface area contributed by atoms with Crippen molar-refractivity contribution >= 4 is 5.69 Å². The van der Waals surface area contributed by atoms with Crippen LogP contribution in [-0.4, -0.2) is 7.11 Å². The molecule has 3 nitrogen and oxygen atoms in total. The van der Waals surface area contributed by atoms with E-state index in [1.807, 2.05) is 48.5 Å². The van der Waals surface area contributed by atoms with Crippen LogP contribution in [0.2, 0.25) is 0 Å². The summed E-state index contributed by atoms with van der Waals surface area (Å²) in [4.78, 5) is 0. The smallest absolute Gasteiger partial charge is 0.119 e. The van der Waals surface area contributed by atoms with Gasteiger partial charge in [-0.15, -0.1) is 0 Å². The van der Waals surface area contributed by atoms with Crippen LogP contribution in [0.5, 0.6) is 5.75 Å². The average molecular weight is 238 g/mol. The normalized spacial score (nSPS) is 9.56. The fourth-order valence-corrected chi connectivity index (χ4v) is 1.69. The van der Waals surface area contributed by atoms with Gasteiger partial charge in [0.05, 0.1) is 18.7 Å². The van der Waals surface area contributed by atoms with Crippen LogP contribution >= 0.6 is 0 Å². The van der Waals surface area contributed by atoms with Gasteiger partial charge in [-0.2, -0.15) is 5.26 Å². The highest BCUT2D eigenvalue weighted by Crippen LogP contribution is 2.16. The number of rotatable bonds is 4. The number of hydrogen-bond donors (Lipinski definition) is 1. The number of methoxy groups -OCH3 is 1. The summed E-state index contributed by atoms with van der Waals surface area (Å²) in [5.74, 6) is 0.831. The first-order valence-corrected chi connectivity index (χ1v) is 5.69. The highest BCUT2D eigenvalue weighted by Gasteiger charge is 2.00. The van der Waals surface area contributed by atoms with Gasteiger partial charge < -0.3 is 10.1 Å². The first-order chi connectivity index (χ1) is 8.83. The fraction of sp³-hybridized carbons (Fsp3) is 0.133. The summed E-state index contributed by atoms with van der Waals surface area (Å²) in [6.07, 6.45) is 0. The van der Waals surface area contributed by atoms with Crippen molar-refractivity contribution in [2.24, 2.45) is 0 Å². The van der Waals surface area contributed by atoms with Crippen molar-refractivity contribution in [3.05, 3.63) is 59.7 Å². The van der Waals surface area contributed by atoms with E-state index in [1.165, 1.54) is 0 Å². The van der Waals surface area contributed by atoms with Crippen molar-refractivity contribution in [2.75, 3.05) is 12.4 Å². The third-order valence-electron chi connectivity index (χ3n) is 2.71. The molecular weight excluding hydrogens is 224 g/mol. The average Bonchev–Trinajstić information content (AvgIpc) is 2.46. The SMILES string of the molecule is COc1ccc(NCc2ccccc2C#N)cc1. The Bertz CT molecular complexity index is 555. The van der Waals surface area contributed by atoms with Gasteiger partial charge in [-0.05, 0) is 35.9 Å². The van der Waals surface area contributed by atoms with Crippen LogP contribution < -0.4 is 10.1 Å². The molecule has 0 bridgehead atoms. The monoisotopic (exact) mass is 238 g/mol. The molecule has 1 N–H and O–H groups in total. The van der Waals surface area contributed by atoms with Gasteiger partial charge in [0.2, 0.25) is 0 Å². The Balaban J connectivity index is 2.05. The van der Waals surface area contributed by atoms with Gasteiger partial charge in [0.1, 0.15) is 5.75 Å². The van der Waals surface area contributed by atoms with E-state index < -0.39 is 0 Å². The number of nitriles is 1. The number of benzene rings is 2. The molecule has 0 fully saturated rings. The first kappa shape index (κ1) is 12.0. The molecule has 0 aliphatic carbocycles. The zero-order valence-corrected chi connectivity index (χ0v) is 10.2. The van der Waals surface area contributed by atoms with E-state index in [-0.39, 0.29) is 0 Å². The summed E-state index contributed by atoms with van der Waals surface area (Å²) in [5.41, 5.74) is 2.71. The summed E-state index contributed by atoms with van der Waals surface area (Å²) >= 11 is 0. The van der Waals surface area contributed by atoms with E-state index >= 15 is 0 Å². The maximum absolute atomic E-state index is 8.99. The van der Waals surface area contributed by atoms with E-state index in [4.69, 9.17) is 10.00 Å². The van der Waals surface area contributed by atoms with Crippen molar-refractivity contribution in [3.63, 3.8) is 0 Å². The molecule has 2 rings (SSSR count). The Labute approximate surface area is 107 Å². The molecule has 0 saturated carbocycles. The predicted molar refractivity (Wildman–Crippen MR) is 71.5 cm³/mol. The van der Waals surface area contributed by atoms with Crippen LogP contribution in [0.1, 0.15) is 11.1 Å². The number of hydrogen-bond acceptors (Lipinski definition) is 3. The minimum atomic E-state index is 0.635. The largest absolute Gasteiger partial charge is 0.497 e. The summed E-state index contributed by atoms with van der Waals surface area (Å²) in [7, 11) is 1.64.